The molecule has 0 saturated heterocycles. The van der Waals surface area contributed by atoms with Gasteiger partial charge in [-0.25, -0.2) is 18.1 Å². The molecular formula is C10H18ClN3O2S. The maximum atomic E-state index is 11.9. The minimum atomic E-state index is -3.54. The Morgan fingerprint density at radius 1 is 1.59 bits per heavy atom. The lowest BCUT2D eigenvalue weighted by Gasteiger charge is -2.04. The van der Waals surface area contributed by atoms with Crippen LogP contribution in [0.15, 0.2) is 11.2 Å². The summed E-state index contributed by atoms with van der Waals surface area (Å²) in [6, 6.07) is 0. The van der Waals surface area contributed by atoms with Crippen LogP contribution >= 0.6 is 11.6 Å². The molecule has 17 heavy (non-hydrogen) atoms. The lowest BCUT2D eigenvalue weighted by molar-refractivity contribution is 0.577. The minimum absolute atomic E-state index is 0.0563. The summed E-state index contributed by atoms with van der Waals surface area (Å²) in [5, 5.41) is -0.190. The van der Waals surface area contributed by atoms with Gasteiger partial charge in [-0.3, -0.25) is 0 Å². The molecule has 1 rings (SSSR count). The first-order chi connectivity index (χ1) is 7.86. The van der Waals surface area contributed by atoms with E-state index in [1.54, 1.807) is 20.0 Å². The molecule has 0 aromatic carbocycles. The van der Waals surface area contributed by atoms with Crippen LogP contribution in [0.1, 0.15) is 26.1 Å². The maximum absolute atomic E-state index is 11.9. The van der Waals surface area contributed by atoms with Crippen molar-refractivity contribution in [2.75, 3.05) is 6.54 Å². The van der Waals surface area contributed by atoms with Gasteiger partial charge in [0.15, 0.2) is 5.03 Å². The first-order valence-electron chi connectivity index (χ1n) is 5.54. The normalized spacial score (nSPS) is 13.9. The highest BCUT2D eigenvalue weighted by Crippen LogP contribution is 2.09. The summed E-state index contributed by atoms with van der Waals surface area (Å²) in [6.07, 6.45) is 2.49. The van der Waals surface area contributed by atoms with E-state index >= 15 is 0 Å². The zero-order chi connectivity index (χ0) is 13.1. The van der Waals surface area contributed by atoms with Gasteiger partial charge in [-0.15, -0.1) is 11.6 Å². The number of sulfonamides is 1. The van der Waals surface area contributed by atoms with Gasteiger partial charge in [0.1, 0.15) is 5.82 Å². The van der Waals surface area contributed by atoms with E-state index in [0.29, 0.717) is 5.82 Å². The molecule has 0 aliphatic carbocycles. The van der Waals surface area contributed by atoms with Gasteiger partial charge in [-0.1, -0.05) is 6.92 Å². The number of nitrogens with one attached hydrogen (secondary N) is 1. The molecule has 0 radical (unpaired) electrons. The Labute approximate surface area is 107 Å². The lowest BCUT2D eigenvalue weighted by atomic mass is 10.5. The number of nitrogens with zero attached hydrogens (tertiary/aromatic N) is 2. The Balaban J connectivity index is 2.88. The van der Waals surface area contributed by atoms with E-state index in [4.69, 9.17) is 11.6 Å². The predicted octanol–water partition coefficient (Wildman–Crippen LogP) is 1.51. The smallest absolute Gasteiger partial charge is 0.259 e. The second kappa shape index (κ2) is 5.84. The average molecular weight is 280 g/mol. The third-order valence-corrected chi connectivity index (χ3v) is 3.70. The van der Waals surface area contributed by atoms with Crippen LogP contribution < -0.4 is 4.72 Å². The standard InChI is InChI=1S/C10H18ClN3O2S/c1-4-5-14-7-10(13-9(14)3)17(15,16)12-6-8(2)11/h7-8,12H,4-6H2,1-3H3. The molecule has 98 valence electrons. The minimum Gasteiger partial charge on any atom is -0.334 e. The number of hydrogen-bond donors (Lipinski definition) is 1. The van der Waals surface area contributed by atoms with Gasteiger partial charge in [0.05, 0.1) is 0 Å². The van der Waals surface area contributed by atoms with Crippen LogP contribution in [0.3, 0.4) is 0 Å². The topological polar surface area (TPSA) is 64.0 Å². The number of alkyl halides is 1. The molecule has 0 spiro atoms. The fraction of sp³-hybridized carbons (Fsp3) is 0.700. The van der Waals surface area contributed by atoms with Crippen LogP contribution in [0.2, 0.25) is 0 Å². The molecule has 5 nitrogen and oxygen atoms in total. The molecule has 1 aromatic heterocycles. The monoisotopic (exact) mass is 279 g/mol. The molecule has 0 bridgehead atoms. The van der Waals surface area contributed by atoms with E-state index in [-0.39, 0.29) is 16.9 Å². The summed E-state index contributed by atoms with van der Waals surface area (Å²) in [4.78, 5) is 4.05. The molecule has 0 saturated carbocycles. The number of aromatic nitrogens is 2. The van der Waals surface area contributed by atoms with Gasteiger partial charge in [0.2, 0.25) is 0 Å². The fourth-order valence-electron chi connectivity index (χ4n) is 1.37. The third kappa shape index (κ3) is 3.97. The largest absolute Gasteiger partial charge is 0.334 e. The molecule has 7 heteroatoms. The van der Waals surface area contributed by atoms with E-state index in [1.165, 1.54) is 0 Å². The summed E-state index contributed by atoms with van der Waals surface area (Å²) in [5.74, 6) is 0.700. The molecule has 0 fully saturated rings. The van der Waals surface area contributed by atoms with Gasteiger partial charge in [0.25, 0.3) is 10.0 Å². The number of hydrogen-bond acceptors (Lipinski definition) is 3. The summed E-state index contributed by atoms with van der Waals surface area (Å²) in [6.45, 7) is 6.51. The molecule has 1 unspecified atom stereocenters. The van der Waals surface area contributed by atoms with Gasteiger partial charge in [-0.05, 0) is 20.3 Å². The Morgan fingerprint density at radius 3 is 2.76 bits per heavy atom. The summed E-state index contributed by atoms with van der Waals surface area (Å²) >= 11 is 5.70. The van der Waals surface area contributed by atoms with E-state index < -0.39 is 10.0 Å². The van der Waals surface area contributed by atoms with Gasteiger partial charge >= 0.3 is 0 Å². The second-order valence-electron chi connectivity index (χ2n) is 3.95. The highest BCUT2D eigenvalue weighted by atomic mass is 35.5. The van der Waals surface area contributed by atoms with E-state index in [9.17, 15) is 8.42 Å². The molecule has 0 aliphatic heterocycles. The number of aryl methyl sites for hydroxylation is 2. The van der Waals surface area contributed by atoms with Crippen molar-refractivity contribution >= 4 is 21.6 Å². The Hall–Kier alpha value is -0.590. The Morgan fingerprint density at radius 2 is 2.24 bits per heavy atom. The first-order valence-corrected chi connectivity index (χ1v) is 7.46. The van der Waals surface area contributed by atoms with Crippen molar-refractivity contribution in [1.29, 1.82) is 0 Å². The van der Waals surface area contributed by atoms with Crippen molar-refractivity contribution < 1.29 is 8.42 Å². The number of rotatable bonds is 6. The predicted molar refractivity (Wildman–Crippen MR) is 67.8 cm³/mol. The van der Waals surface area contributed by atoms with Crippen LogP contribution in [0.25, 0.3) is 0 Å². The maximum Gasteiger partial charge on any atom is 0.259 e. The van der Waals surface area contributed by atoms with Crippen LogP contribution in [0.4, 0.5) is 0 Å². The molecular weight excluding hydrogens is 262 g/mol. The first kappa shape index (κ1) is 14.5. The highest BCUT2D eigenvalue weighted by Gasteiger charge is 2.19. The van der Waals surface area contributed by atoms with E-state index in [2.05, 4.69) is 9.71 Å². The molecule has 1 atom stereocenters. The van der Waals surface area contributed by atoms with Crippen LogP contribution in [0.5, 0.6) is 0 Å². The lowest BCUT2D eigenvalue weighted by Crippen LogP contribution is -2.29. The van der Waals surface area contributed by atoms with Gasteiger partial charge in [-0.2, -0.15) is 0 Å². The molecule has 0 amide bonds. The SMILES string of the molecule is CCCn1cc(S(=O)(=O)NCC(C)Cl)nc1C. The Kier molecular flexibility index (Phi) is 4.97. The van der Waals surface area contributed by atoms with E-state index in [0.717, 1.165) is 13.0 Å². The third-order valence-electron chi connectivity index (χ3n) is 2.25. The quantitative estimate of drug-likeness (QED) is 0.803. The second-order valence-corrected chi connectivity index (χ2v) is 6.41. The zero-order valence-electron chi connectivity index (χ0n) is 10.3. The van der Waals surface area contributed by atoms with Crippen molar-refractivity contribution in [2.45, 2.75) is 44.1 Å². The molecule has 1 aromatic rings. The number of imidazole rings is 1. The summed E-state index contributed by atoms with van der Waals surface area (Å²) < 4.78 is 28.0. The van der Waals surface area contributed by atoms with Crippen molar-refractivity contribution in [2.24, 2.45) is 0 Å². The number of halogens is 1. The van der Waals surface area contributed by atoms with Crippen molar-refractivity contribution in [1.82, 2.24) is 14.3 Å². The Bertz CT molecular complexity index is 468. The van der Waals surface area contributed by atoms with Crippen molar-refractivity contribution in [3.63, 3.8) is 0 Å². The summed E-state index contributed by atoms with van der Waals surface area (Å²) in [7, 11) is -3.54. The van der Waals surface area contributed by atoms with Crippen LogP contribution in [0, 0.1) is 6.92 Å². The molecule has 0 aliphatic rings. The highest BCUT2D eigenvalue weighted by molar-refractivity contribution is 7.89. The zero-order valence-corrected chi connectivity index (χ0v) is 11.8. The van der Waals surface area contributed by atoms with Crippen LogP contribution in [-0.4, -0.2) is 29.9 Å². The average Bonchev–Trinajstić information content (AvgIpc) is 2.59. The summed E-state index contributed by atoms with van der Waals surface area (Å²) in [5.41, 5.74) is 0. The van der Waals surface area contributed by atoms with Gasteiger partial charge < -0.3 is 4.57 Å². The molecule has 1 N–H and O–H groups in total. The van der Waals surface area contributed by atoms with E-state index in [1.807, 2.05) is 11.5 Å². The van der Waals surface area contributed by atoms with Crippen LogP contribution in [-0.2, 0) is 16.6 Å². The van der Waals surface area contributed by atoms with Crippen molar-refractivity contribution in [3.8, 4) is 0 Å². The molecule has 1 heterocycles. The van der Waals surface area contributed by atoms with Gasteiger partial charge in [0, 0.05) is 24.7 Å². The van der Waals surface area contributed by atoms with Crippen molar-refractivity contribution in [3.05, 3.63) is 12.0 Å². The fourth-order valence-corrected chi connectivity index (χ4v) is 2.68.